The lowest BCUT2D eigenvalue weighted by Gasteiger charge is -2.16. The molecule has 0 aromatic carbocycles. The number of anilines is 1. The number of hydrogen-bond acceptors (Lipinski definition) is 4. The topological polar surface area (TPSA) is 58.3 Å². The fourth-order valence-corrected chi connectivity index (χ4v) is 1.01. The van der Waals surface area contributed by atoms with E-state index in [9.17, 15) is 0 Å². The van der Waals surface area contributed by atoms with Crippen molar-refractivity contribution in [1.82, 2.24) is 5.16 Å². The van der Waals surface area contributed by atoms with E-state index in [0.717, 1.165) is 18.7 Å². The highest BCUT2D eigenvalue weighted by molar-refractivity contribution is 5.33. The van der Waals surface area contributed by atoms with Gasteiger partial charge in [-0.05, 0) is 6.42 Å². The summed E-state index contributed by atoms with van der Waals surface area (Å²) in [7, 11) is 0. The van der Waals surface area contributed by atoms with Crippen LogP contribution in [0, 0.1) is 0 Å². The molecule has 1 heterocycles. The molecule has 14 heavy (non-hydrogen) atoms. The molecule has 4 nitrogen and oxygen atoms in total. The standard InChI is InChI=1S/C10H18N2O2/c1-4-5-11-9-6-8(12-14-9)10(2,3)7-13/h6,11,13H,4-5,7H2,1-3H3. The maximum atomic E-state index is 9.13. The molecule has 80 valence electrons. The van der Waals surface area contributed by atoms with Crippen molar-refractivity contribution in [3.05, 3.63) is 11.8 Å². The quantitative estimate of drug-likeness (QED) is 0.757. The number of nitrogens with one attached hydrogen (secondary N) is 1. The summed E-state index contributed by atoms with van der Waals surface area (Å²) in [5.74, 6) is 0.670. The molecule has 0 saturated carbocycles. The summed E-state index contributed by atoms with van der Waals surface area (Å²) < 4.78 is 5.08. The van der Waals surface area contributed by atoms with Gasteiger partial charge >= 0.3 is 0 Å². The average molecular weight is 198 g/mol. The number of hydrogen-bond donors (Lipinski definition) is 2. The third-order valence-corrected chi connectivity index (χ3v) is 2.15. The van der Waals surface area contributed by atoms with Crippen molar-refractivity contribution >= 4 is 5.88 Å². The molecule has 2 N–H and O–H groups in total. The van der Waals surface area contributed by atoms with Gasteiger partial charge in [0, 0.05) is 18.0 Å². The molecule has 0 fully saturated rings. The molecule has 1 aromatic heterocycles. The fraction of sp³-hybridized carbons (Fsp3) is 0.700. The molecule has 0 aliphatic rings. The molecule has 0 amide bonds. The summed E-state index contributed by atoms with van der Waals surface area (Å²) >= 11 is 0. The SMILES string of the molecule is CCCNc1cc(C(C)(C)CO)no1. The first-order valence-electron chi connectivity index (χ1n) is 4.92. The van der Waals surface area contributed by atoms with Crippen LogP contribution in [0.5, 0.6) is 0 Å². The Bertz CT molecular complexity index is 281. The smallest absolute Gasteiger partial charge is 0.224 e. The first-order valence-corrected chi connectivity index (χ1v) is 4.92. The van der Waals surface area contributed by atoms with Crippen LogP contribution in [0.3, 0.4) is 0 Å². The van der Waals surface area contributed by atoms with Crippen LogP contribution in [-0.2, 0) is 5.41 Å². The summed E-state index contributed by atoms with van der Waals surface area (Å²) in [6, 6.07) is 1.84. The van der Waals surface area contributed by atoms with E-state index >= 15 is 0 Å². The number of aliphatic hydroxyl groups excluding tert-OH is 1. The second-order valence-electron chi connectivity index (χ2n) is 4.05. The lowest BCUT2D eigenvalue weighted by Crippen LogP contribution is -2.22. The maximum Gasteiger partial charge on any atom is 0.224 e. The molecule has 4 heteroatoms. The van der Waals surface area contributed by atoms with E-state index < -0.39 is 0 Å². The number of nitrogens with zero attached hydrogens (tertiary/aromatic N) is 1. The lowest BCUT2D eigenvalue weighted by molar-refractivity contribution is 0.210. The predicted octanol–water partition coefficient (Wildman–Crippen LogP) is 1.77. The second-order valence-corrected chi connectivity index (χ2v) is 4.05. The fourth-order valence-electron chi connectivity index (χ4n) is 1.01. The molecule has 1 aromatic rings. The first-order chi connectivity index (χ1) is 6.60. The maximum absolute atomic E-state index is 9.13. The zero-order valence-electron chi connectivity index (χ0n) is 9.00. The zero-order chi connectivity index (χ0) is 10.6. The summed E-state index contributed by atoms with van der Waals surface area (Å²) in [6.45, 7) is 6.87. The highest BCUT2D eigenvalue weighted by atomic mass is 16.5. The molecule has 0 spiro atoms. The summed E-state index contributed by atoms with van der Waals surface area (Å²) in [4.78, 5) is 0. The van der Waals surface area contributed by atoms with Crippen molar-refractivity contribution in [3.8, 4) is 0 Å². The molecule has 0 atom stereocenters. The highest BCUT2D eigenvalue weighted by Gasteiger charge is 2.23. The van der Waals surface area contributed by atoms with E-state index in [0.29, 0.717) is 5.88 Å². The van der Waals surface area contributed by atoms with Crippen LogP contribution in [0.15, 0.2) is 10.6 Å². The van der Waals surface area contributed by atoms with E-state index in [4.69, 9.17) is 9.63 Å². The van der Waals surface area contributed by atoms with Crippen molar-refractivity contribution in [2.24, 2.45) is 0 Å². The van der Waals surface area contributed by atoms with E-state index in [-0.39, 0.29) is 12.0 Å². The summed E-state index contributed by atoms with van der Waals surface area (Å²) in [5, 5.41) is 16.1. The van der Waals surface area contributed by atoms with Crippen molar-refractivity contribution in [1.29, 1.82) is 0 Å². The third kappa shape index (κ3) is 2.48. The van der Waals surface area contributed by atoms with Gasteiger partial charge in [0.2, 0.25) is 5.88 Å². The Balaban J connectivity index is 2.67. The van der Waals surface area contributed by atoms with Gasteiger partial charge < -0.3 is 14.9 Å². The normalized spacial score (nSPS) is 11.7. The minimum atomic E-state index is -0.338. The van der Waals surface area contributed by atoms with Gasteiger partial charge in [0.05, 0.1) is 12.3 Å². The van der Waals surface area contributed by atoms with Gasteiger partial charge in [0.15, 0.2) is 0 Å². The van der Waals surface area contributed by atoms with Crippen molar-refractivity contribution in [2.75, 3.05) is 18.5 Å². The Labute approximate surface area is 84.3 Å². The van der Waals surface area contributed by atoms with Gasteiger partial charge in [-0.25, -0.2) is 0 Å². The molecular weight excluding hydrogens is 180 g/mol. The Hall–Kier alpha value is -1.03. The Morgan fingerprint density at radius 3 is 2.86 bits per heavy atom. The van der Waals surface area contributed by atoms with Gasteiger partial charge in [-0.3, -0.25) is 0 Å². The summed E-state index contributed by atoms with van der Waals surface area (Å²) in [6.07, 6.45) is 1.04. The lowest BCUT2D eigenvalue weighted by atomic mass is 9.91. The minimum absolute atomic E-state index is 0.0623. The predicted molar refractivity (Wildman–Crippen MR) is 55.4 cm³/mol. The van der Waals surface area contributed by atoms with Crippen LogP contribution < -0.4 is 5.32 Å². The molecule has 0 unspecified atom stereocenters. The molecule has 0 radical (unpaired) electrons. The molecule has 0 aliphatic heterocycles. The molecular formula is C10H18N2O2. The molecule has 0 saturated heterocycles. The van der Waals surface area contributed by atoms with Crippen LogP contribution in [0.25, 0.3) is 0 Å². The van der Waals surface area contributed by atoms with E-state index in [1.807, 2.05) is 19.9 Å². The van der Waals surface area contributed by atoms with Gasteiger partial charge in [0.25, 0.3) is 0 Å². The Morgan fingerprint density at radius 2 is 2.29 bits per heavy atom. The number of rotatable bonds is 5. The zero-order valence-corrected chi connectivity index (χ0v) is 9.00. The molecule has 0 bridgehead atoms. The van der Waals surface area contributed by atoms with Crippen molar-refractivity contribution in [3.63, 3.8) is 0 Å². The molecule has 0 aliphatic carbocycles. The van der Waals surface area contributed by atoms with Crippen molar-refractivity contribution < 1.29 is 9.63 Å². The van der Waals surface area contributed by atoms with E-state index in [1.54, 1.807) is 0 Å². The average Bonchev–Trinajstić information content (AvgIpc) is 2.63. The van der Waals surface area contributed by atoms with Crippen LogP contribution in [-0.4, -0.2) is 23.4 Å². The Kier molecular flexibility index (Phi) is 3.52. The number of aliphatic hydroxyl groups is 1. The first kappa shape index (κ1) is 11.0. The Morgan fingerprint density at radius 1 is 1.57 bits per heavy atom. The monoisotopic (exact) mass is 198 g/mol. The van der Waals surface area contributed by atoms with E-state index in [2.05, 4.69) is 17.4 Å². The van der Waals surface area contributed by atoms with Gasteiger partial charge in [-0.1, -0.05) is 25.9 Å². The third-order valence-electron chi connectivity index (χ3n) is 2.15. The van der Waals surface area contributed by atoms with Crippen LogP contribution in [0.1, 0.15) is 32.9 Å². The van der Waals surface area contributed by atoms with Crippen molar-refractivity contribution in [2.45, 2.75) is 32.6 Å². The van der Waals surface area contributed by atoms with E-state index in [1.165, 1.54) is 0 Å². The summed E-state index contributed by atoms with van der Waals surface area (Å²) in [5.41, 5.74) is 0.439. The minimum Gasteiger partial charge on any atom is -0.395 e. The highest BCUT2D eigenvalue weighted by Crippen LogP contribution is 2.23. The molecule has 1 rings (SSSR count). The van der Waals surface area contributed by atoms with Gasteiger partial charge in [0.1, 0.15) is 0 Å². The van der Waals surface area contributed by atoms with Gasteiger partial charge in [-0.15, -0.1) is 0 Å². The number of aromatic nitrogens is 1. The van der Waals surface area contributed by atoms with Crippen LogP contribution in [0.4, 0.5) is 5.88 Å². The van der Waals surface area contributed by atoms with Gasteiger partial charge in [-0.2, -0.15) is 0 Å². The van der Waals surface area contributed by atoms with Crippen LogP contribution >= 0.6 is 0 Å². The second kappa shape index (κ2) is 4.46. The van der Waals surface area contributed by atoms with Crippen LogP contribution in [0.2, 0.25) is 0 Å². The largest absolute Gasteiger partial charge is 0.395 e.